The molecule has 0 atom stereocenters. The first-order valence-corrected chi connectivity index (χ1v) is 11.6. The number of pyridine rings is 1. The van der Waals surface area contributed by atoms with Crippen LogP contribution in [0.1, 0.15) is 10.4 Å². The normalized spacial score (nSPS) is 10.9. The number of nitrogens with zero attached hydrogens (tertiary/aromatic N) is 4. The molecular formula is C28H27N7O2. The molecule has 0 saturated heterocycles. The van der Waals surface area contributed by atoms with Gasteiger partial charge in [0.1, 0.15) is 0 Å². The second-order valence-corrected chi connectivity index (χ2v) is 8.40. The molecule has 4 rings (SSSR count). The largest absolute Gasteiger partial charge is 0.324 e. The predicted molar refractivity (Wildman–Crippen MR) is 146 cm³/mol. The van der Waals surface area contributed by atoms with Crippen LogP contribution in [-0.2, 0) is 4.79 Å². The Morgan fingerprint density at radius 3 is 2.46 bits per heavy atom. The molecule has 2 heterocycles. The van der Waals surface area contributed by atoms with Crippen LogP contribution in [0.25, 0.3) is 11.3 Å². The molecule has 37 heavy (non-hydrogen) atoms. The number of aromatic nitrogens is 3. The van der Waals surface area contributed by atoms with E-state index in [2.05, 4.69) is 30.9 Å². The first kappa shape index (κ1) is 25.2. The molecule has 9 nitrogen and oxygen atoms in total. The van der Waals surface area contributed by atoms with E-state index in [1.54, 1.807) is 61.1 Å². The lowest BCUT2D eigenvalue weighted by Crippen LogP contribution is -2.14. The van der Waals surface area contributed by atoms with Crippen molar-refractivity contribution in [3.05, 3.63) is 103 Å². The van der Waals surface area contributed by atoms with Crippen LogP contribution in [0.15, 0.2) is 97.5 Å². The third-order valence-corrected chi connectivity index (χ3v) is 5.14. The van der Waals surface area contributed by atoms with E-state index >= 15 is 0 Å². The van der Waals surface area contributed by atoms with Crippen molar-refractivity contribution < 1.29 is 9.59 Å². The molecule has 9 heteroatoms. The lowest BCUT2D eigenvalue weighted by molar-refractivity contribution is -0.111. The standard InChI is InChI=1S/C28H27N7O2/c1-35(2)17-5-9-26(36)31-24-8-3-6-20(18-24)27(37)32-22-10-12-23(13-11-22)33-28-30-16-14-25(34-28)21-7-4-15-29-19-21/h3-16,18-19H,17H2,1-2H3,(H,31,36)(H,32,37)(H,30,33,34)/b9-5-. The van der Waals surface area contributed by atoms with Crippen molar-refractivity contribution in [1.82, 2.24) is 19.9 Å². The Balaban J connectivity index is 1.35. The lowest BCUT2D eigenvalue weighted by atomic mass is 10.1. The number of anilines is 4. The van der Waals surface area contributed by atoms with E-state index < -0.39 is 0 Å². The first-order valence-electron chi connectivity index (χ1n) is 11.6. The number of likely N-dealkylation sites (N-methyl/N-ethyl adjacent to an activating group) is 1. The van der Waals surface area contributed by atoms with Crippen molar-refractivity contribution in [3.8, 4) is 11.3 Å². The zero-order chi connectivity index (χ0) is 26.0. The molecule has 186 valence electrons. The average Bonchev–Trinajstić information content (AvgIpc) is 2.90. The first-order chi connectivity index (χ1) is 18.0. The number of nitrogens with one attached hydrogen (secondary N) is 3. The zero-order valence-corrected chi connectivity index (χ0v) is 20.6. The second-order valence-electron chi connectivity index (χ2n) is 8.40. The Kier molecular flexibility index (Phi) is 8.30. The van der Waals surface area contributed by atoms with Crippen LogP contribution in [0.4, 0.5) is 23.0 Å². The Labute approximate surface area is 215 Å². The van der Waals surface area contributed by atoms with Gasteiger partial charge in [0.2, 0.25) is 11.9 Å². The Morgan fingerprint density at radius 2 is 1.70 bits per heavy atom. The van der Waals surface area contributed by atoms with Crippen LogP contribution < -0.4 is 16.0 Å². The number of amides is 2. The second kappa shape index (κ2) is 12.2. The van der Waals surface area contributed by atoms with Gasteiger partial charge in [-0.2, -0.15) is 0 Å². The van der Waals surface area contributed by atoms with Crippen molar-refractivity contribution in [2.24, 2.45) is 0 Å². The summed E-state index contributed by atoms with van der Waals surface area (Å²) < 4.78 is 0. The van der Waals surface area contributed by atoms with Gasteiger partial charge >= 0.3 is 0 Å². The van der Waals surface area contributed by atoms with Gasteiger partial charge in [0.05, 0.1) is 5.69 Å². The highest BCUT2D eigenvalue weighted by molar-refractivity contribution is 6.06. The summed E-state index contributed by atoms with van der Waals surface area (Å²) in [6.07, 6.45) is 8.39. The van der Waals surface area contributed by atoms with Crippen molar-refractivity contribution in [2.75, 3.05) is 36.6 Å². The van der Waals surface area contributed by atoms with Crippen LogP contribution >= 0.6 is 0 Å². The minimum Gasteiger partial charge on any atom is -0.324 e. The summed E-state index contributed by atoms with van der Waals surface area (Å²) in [6.45, 7) is 0.662. The van der Waals surface area contributed by atoms with Gasteiger partial charge in [-0.1, -0.05) is 12.1 Å². The quantitative estimate of drug-likeness (QED) is 0.292. The van der Waals surface area contributed by atoms with Crippen molar-refractivity contribution in [1.29, 1.82) is 0 Å². The van der Waals surface area contributed by atoms with Gasteiger partial charge in [0.15, 0.2) is 0 Å². The van der Waals surface area contributed by atoms with E-state index in [-0.39, 0.29) is 11.8 Å². The fourth-order valence-electron chi connectivity index (χ4n) is 3.36. The number of rotatable bonds is 9. The number of benzene rings is 2. The van der Waals surface area contributed by atoms with Crippen molar-refractivity contribution in [3.63, 3.8) is 0 Å². The van der Waals surface area contributed by atoms with Crippen LogP contribution in [0, 0.1) is 0 Å². The van der Waals surface area contributed by atoms with Gasteiger partial charge < -0.3 is 20.9 Å². The minimum absolute atomic E-state index is 0.252. The molecule has 2 amide bonds. The monoisotopic (exact) mass is 493 g/mol. The maximum Gasteiger partial charge on any atom is 0.255 e. The van der Waals surface area contributed by atoms with E-state index in [4.69, 9.17) is 0 Å². The molecule has 0 aliphatic rings. The lowest BCUT2D eigenvalue weighted by Gasteiger charge is -2.10. The highest BCUT2D eigenvalue weighted by Crippen LogP contribution is 2.20. The summed E-state index contributed by atoms with van der Waals surface area (Å²) in [7, 11) is 3.84. The smallest absolute Gasteiger partial charge is 0.255 e. The number of carbonyl (C=O) groups is 2. The molecule has 0 unspecified atom stereocenters. The SMILES string of the molecule is CN(C)C/C=C\C(=O)Nc1cccc(C(=O)Nc2ccc(Nc3nccc(-c4cccnc4)n3)cc2)c1. The highest BCUT2D eigenvalue weighted by atomic mass is 16.2. The third-order valence-electron chi connectivity index (χ3n) is 5.14. The predicted octanol–water partition coefficient (Wildman–Crippen LogP) is 4.59. The van der Waals surface area contributed by atoms with E-state index in [1.807, 2.05) is 49.3 Å². The van der Waals surface area contributed by atoms with Crippen molar-refractivity contribution >= 4 is 34.8 Å². The Hall–Kier alpha value is -4.89. The van der Waals surface area contributed by atoms with Gasteiger partial charge in [0.25, 0.3) is 5.91 Å². The van der Waals surface area contributed by atoms with Crippen LogP contribution in [0.2, 0.25) is 0 Å². The van der Waals surface area contributed by atoms with E-state index in [0.29, 0.717) is 29.4 Å². The zero-order valence-electron chi connectivity index (χ0n) is 20.6. The molecule has 4 aromatic rings. The Morgan fingerprint density at radius 1 is 0.892 bits per heavy atom. The average molecular weight is 494 g/mol. The number of hydrogen-bond donors (Lipinski definition) is 3. The highest BCUT2D eigenvalue weighted by Gasteiger charge is 2.09. The van der Waals surface area contributed by atoms with E-state index in [9.17, 15) is 9.59 Å². The molecule has 0 aliphatic heterocycles. The molecule has 2 aromatic carbocycles. The molecular weight excluding hydrogens is 466 g/mol. The van der Waals surface area contributed by atoms with Gasteiger partial charge in [-0.3, -0.25) is 14.6 Å². The summed E-state index contributed by atoms with van der Waals surface area (Å²) in [5.41, 5.74) is 4.03. The van der Waals surface area contributed by atoms with E-state index in [0.717, 1.165) is 16.9 Å². The summed E-state index contributed by atoms with van der Waals surface area (Å²) in [6, 6.07) is 19.6. The maximum absolute atomic E-state index is 12.8. The van der Waals surface area contributed by atoms with Crippen molar-refractivity contribution in [2.45, 2.75) is 0 Å². The summed E-state index contributed by atoms with van der Waals surface area (Å²) in [4.78, 5) is 39.7. The molecule has 3 N–H and O–H groups in total. The minimum atomic E-state index is -0.285. The summed E-state index contributed by atoms with van der Waals surface area (Å²) in [5.74, 6) is -0.0847. The fourth-order valence-corrected chi connectivity index (χ4v) is 3.36. The number of hydrogen-bond acceptors (Lipinski definition) is 7. The van der Waals surface area contributed by atoms with Gasteiger partial charge in [-0.25, -0.2) is 9.97 Å². The fraction of sp³-hybridized carbons (Fsp3) is 0.107. The van der Waals surface area contributed by atoms with Crippen LogP contribution in [0.3, 0.4) is 0 Å². The number of carbonyl (C=O) groups excluding carboxylic acids is 2. The maximum atomic E-state index is 12.8. The van der Waals surface area contributed by atoms with Gasteiger partial charge in [0, 0.05) is 59.4 Å². The molecule has 0 bridgehead atoms. The molecule has 0 spiro atoms. The van der Waals surface area contributed by atoms with E-state index in [1.165, 1.54) is 6.08 Å². The van der Waals surface area contributed by atoms with Crippen LogP contribution in [-0.4, -0.2) is 52.3 Å². The van der Waals surface area contributed by atoms with Gasteiger partial charge in [-0.15, -0.1) is 0 Å². The molecule has 2 aromatic heterocycles. The topological polar surface area (TPSA) is 112 Å². The molecule has 0 aliphatic carbocycles. The Bertz CT molecular complexity index is 1390. The third kappa shape index (κ3) is 7.55. The van der Waals surface area contributed by atoms with Crippen LogP contribution in [0.5, 0.6) is 0 Å². The van der Waals surface area contributed by atoms with Gasteiger partial charge in [-0.05, 0) is 74.8 Å². The summed E-state index contributed by atoms with van der Waals surface area (Å²) in [5, 5.41) is 8.81. The summed E-state index contributed by atoms with van der Waals surface area (Å²) >= 11 is 0. The molecule has 0 radical (unpaired) electrons. The molecule has 0 saturated carbocycles. The molecule has 0 fully saturated rings.